The molecule has 0 aromatic heterocycles. The summed E-state index contributed by atoms with van der Waals surface area (Å²) >= 11 is 0. The third-order valence-corrected chi connectivity index (χ3v) is 11.4. The predicted octanol–water partition coefficient (Wildman–Crippen LogP) is 5.30. The van der Waals surface area contributed by atoms with Crippen LogP contribution in [0.15, 0.2) is 24.8 Å². The number of carbonyl (C=O) groups excluding carboxylic acids is 1. The number of ketones is 1. The second kappa shape index (κ2) is 6.79. The quantitative estimate of drug-likeness (QED) is 0.391. The molecule has 0 saturated heterocycles. The zero-order valence-corrected chi connectivity index (χ0v) is 15.5. The first kappa shape index (κ1) is 18.0. The van der Waals surface area contributed by atoms with Crippen molar-refractivity contribution in [3.8, 4) is 11.5 Å². The summed E-state index contributed by atoms with van der Waals surface area (Å²) in [5, 5.41) is 0. The maximum Gasteiger partial charge on any atom is 0.155 e. The summed E-state index contributed by atoms with van der Waals surface area (Å²) < 4.78 is 0. The summed E-state index contributed by atoms with van der Waals surface area (Å²) in [5.74, 6) is 3.75. The summed E-state index contributed by atoms with van der Waals surface area (Å²) in [6.07, 6.45) is 6.92. The van der Waals surface area contributed by atoms with Crippen molar-refractivity contribution in [3.05, 3.63) is 24.8 Å². The molecule has 116 valence electrons. The molecule has 0 fully saturated rings. The minimum absolute atomic E-state index is 0.203. The largest absolute Gasteiger partial charge is 0.295 e. The van der Waals surface area contributed by atoms with Crippen LogP contribution < -0.4 is 0 Å². The van der Waals surface area contributed by atoms with E-state index >= 15 is 0 Å². The van der Waals surface area contributed by atoms with Crippen LogP contribution in [0.3, 0.4) is 0 Å². The van der Waals surface area contributed by atoms with Crippen molar-refractivity contribution in [2.24, 2.45) is 5.41 Å². The molecule has 1 atom stereocenters. The lowest BCUT2D eigenvalue weighted by Crippen LogP contribution is -2.43. The Morgan fingerprint density at radius 3 is 2.05 bits per heavy atom. The van der Waals surface area contributed by atoms with Gasteiger partial charge in [-0.2, -0.15) is 0 Å². The van der Waals surface area contributed by atoms with Crippen molar-refractivity contribution in [1.82, 2.24) is 0 Å². The minimum Gasteiger partial charge on any atom is -0.295 e. The minimum atomic E-state index is -1.72. The van der Waals surface area contributed by atoms with Gasteiger partial charge in [-0.3, -0.25) is 4.79 Å². The number of allylic oxidation sites excluding steroid dienone is 3. The number of carbonyl (C=O) groups is 1. The maximum atomic E-state index is 11.4. The average molecular weight is 303 g/mol. The fourth-order valence-corrected chi connectivity index (χ4v) is 9.04. The van der Waals surface area contributed by atoms with Gasteiger partial charge in [0.1, 0.15) is 8.07 Å². The maximum absolute atomic E-state index is 11.4. The van der Waals surface area contributed by atoms with Gasteiger partial charge in [-0.1, -0.05) is 59.6 Å². The molecule has 0 amide bonds. The summed E-state index contributed by atoms with van der Waals surface area (Å²) in [6.45, 7) is 17.9. The Kier molecular flexibility index (Phi) is 5.81. The van der Waals surface area contributed by atoms with E-state index in [4.69, 9.17) is 0 Å². The highest BCUT2D eigenvalue weighted by atomic mass is 28.3. The highest BCUT2D eigenvalue weighted by Crippen LogP contribution is 2.41. The van der Waals surface area contributed by atoms with Crippen LogP contribution in [-0.4, -0.2) is 13.9 Å². The highest BCUT2D eigenvalue weighted by molar-refractivity contribution is 6.90. The van der Waals surface area contributed by atoms with Crippen molar-refractivity contribution in [3.63, 3.8) is 0 Å². The second-order valence-electron chi connectivity index (χ2n) is 7.19. The molecule has 0 bridgehead atoms. The molecular formula is C19H30OSi. The van der Waals surface area contributed by atoms with Crippen LogP contribution in [-0.2, 0) is 4.79 Å². The highest BCUT2D eigenvalue weighted by Gasteiger charge is 2.42. The van der Waals surface area contributed by atoms with Gasteiger partial charge in [-0.25, -0.2) is 0 Å². The zero-order valence-electron chi connectivity index (χ0n) is 14.5. The fourth-order valence-electron chi connectivity index (χ4n) is 3.72. The molecule has 0 aromatic carbocycles. The molecule has 0 aromatic rings. The molecule has 0 spiro atoms. The van der Waals surface area contributed by atoms with E-state index in [2.05, 4.69) is 59.6 Å². The van der Waals surface area contributed by atoms with Gasteiger partial charge < -0.3 is 0 Å². The van der Waals surface area contributed by atoms with Gasteiger partial charge in [-0.05, 0) is 29.1 Å². The Morgan fingerprint density at radius 2 is 1.71 bits per heavy atom. The first-order chi connectivity index (χ1) is 9.70. The molecule has 0 heterocycles. The van der Waals surface area contributed by atoms with E-state index in [9.17, 15) is 4.79 Å². The van der Waals surface area contributed by atoms with E-state index in [-0.39, 0.29) is 11.2 Å². The van der Waals surface area contributed by atoms with Gasteiger partial charge in [0, 0.05) is 6.42 Å². The van der Waals surface area contributed by atoms with Crippen LogP contribution in [0.4, 0.5) is 0 Å². The molecule has 1 nitrogen and oxygen atoms in total. The number of rotatable bonds is 4. The Labute approximate surface area is 131 Å². The molecule has 21 heavy (non-hydrogen) atoms. The van der Waals surface area contributed by atoms with Crippen LogP contribution in [0.5, 0.6) is 0 Å². The van der Waals surface area contributed by atoms with Crippen molar-refractivity contribution < 1.29 is 4.79 Å². The van der Waals surface area contributed by atoms with Gasteiger partial charge in [0.2, 0.25) is 0 Å². The van der Waals surface area contributed by atoms with E-state index in [0.29, 0.717) is 23.0 Å². The first-order valence-electron chi connectivity index (χ1n) is 8.10. The average Bonchev–Trinajstić information content (AvgIpc) is 2.40. The summed E-state index contributed by atoms with van der Waals surface area (Å²) in [7, 11) is -1.72. The zero-order chi connectivity index (χ0) is 16.3. The van der Waals surface area contributed by atoms with Crippen LogP contribution in [0.2, 0.25) is 16.6 Å². The molecule has 0 saturated carbocycles. The molecule has 1 unspecified atom stereocenters. The first-order valence-corrected chi connectivity index (χ1v) is 10.3. The van der Waals surface area contributed by atoms with Crippen molar-refractivity contribution >= 4 is 13.9 Å². The Hall–Kier alpha value is -1.07. The van der Waals surface area contributed by atoms with Crippen LogP contribution in [0.25, 0.3) is 0 Å². The molecule has 0 aliphatic heterocycles. The lowest BCUT2D eigenvalue weighted by atomic mass is 9.80. The third-order valence-electron chi connectivity index (χ3n) is 5.09. The Bertz CT molecular complexity index is 466. The van der Waals surface area contributed by atoms with E-state index in [1.165, 1.54) is 0 Å². The standard InChI is InChI=1S/C19H30OSi/c1-8-19(11-9-18(20)10-12-19)13-14-21(15(2)3,16(4)5)17(6)7/h8-9,11,15-17H,1,10,12H2,2-7H3. The SMILES string of the molecule is C=CC1(C#C[Si](C(C)C)(C(C)C)C(C)C)C=CC(=O)CC1. The van der Waals surface area contributed by atoms with E-state index in [1.807, 2.05) is 12.2 Å². The normalized spacial score (nSPS) is 22.6. The fraction of sp³-hybridized carbons (Fsp3) is 0.632. The molecule has 1 rings (SSSR count). The number of hydrogen-bond donors (Lipinski definition) is 0. The number of hydrogen-bond acceptors (Lipinski definition) is 1. The predicted molar refractivity (Wildman–Crippen MR) is 94.8 cm³/mol. The molecule has 0 N–H and O–H groups in total. The van der Waals surface area contributed by atoms with Crippen molar-refractivity contribution in [2.75, 3.05) is 0 Å². The van der Waals surface area contributed by atoms with Crippen molar-refractivity contribution in [2.45, 2.75) is 71.0 Å². The van der Waals surface area contributed by atoms with Crippen LogP contribution in [0.1, 0.15) is 54.4 Å². The summed E-state index contributed by atoms with van der Waals surface area (Å²) in [6, 6.07) is 0. The van der Waals surface area contributed by atoms with Gasteiger partial charge in [0.05, 0.1) is 5.41 Å². The van der Waals surface area contributed by atoms with E-state index in [1.54, 1.807) is 6.08 Å². The molecule has 1 aliphatic rings. The van der Waals surface area contributed by atoms with Crippen LogP contribution in [0, 0.1) is 16.9 Å². The van der Waals surface area contributed by atoms with Gasteiger partial charge in [0.15, 0.2) is 5.78 Å². The van der Waals surface area contributed by atoms with E-state index in [0.717, 1.165) is 6.42 Å². The Balaban J connectivity index is 3.30. The summed E-state index contributed by atoms with van der Waals surface area (Å²) in [5.41, 5.74) is 5.34. The second-order valence-corrected chi connectivity index (χ2v) is 12.8. The van der Waals surface area contributed by atoms with Crippen molar-refractivity contribution in [1.29, 1.82) is 0 Å². The lowest BCUT2D eigenvalue weighted by molar-refractivity contribution is -0.115. The van der Waals surface area contributed by atoms with Gasteiger partial charge >= 0.3 is 0 Å². The van der Waals surface area contributed by atoms with E-state index < -0.39 is 8.07 Å². The summed E-state index contributed by atoms with van der Waals surface area (Å²) in [4.78, 5) is 11.4. The smallest absolute Gasteiger partial charge is 0.155 e. The molecule has 2 heteroatoms. The van der Waals surface area contributed by atoms with Gasteiger partial charge in [-0.15, -0.1) is 12.1 Å². The molecule has 1 aliphatic carbocycles. The lowest BCUT2D eigenvalue weighted by Gasteiger charge is -2.38. The van der Waals surface area contributed by atoms with Gasteiger partial charge in [0.25, 0.3) is 0 Å². The van der Waals surface area contributed by atoms with Crippen LogP contribution >= 0.6 is 0 Å². The molecular weight excluding hydrogens is 272 g/mol. The third kappa shape index (κ3) is 3.58. The molecule has 0 radical (unpaired) electrons. The topological polar surface area (TPSA) is 17.1 Å². The monoisotopic (exact) mass is 302 g/mol. The Morgan fingerprint density at radius 1 is 1.19 bits per heavy atom.